The van der Waals surface area contributed by atoms with Crippen molar-refractivity contribution in [3.63, 3.8) is 0 Å². The minimum atomic E-state index is -0.490. The smallest absolute Gasteiger partial charge is 0.293 e. The Morgan fingerprint density at radius 1 is 1.24 bits per heavy atom. The third-order valence-electron chi connectivity index (χ3n) is 3.79. The van der Waals surface area contributed by atoms with E-state index in [0.717, 1.165) is 11.3 Å². The Bertz CT molecular complexity index is 903. The number of ketones is 1. The summed E-state index contributed by atoms with van der Waals surface area (Å²) in [5.41, 5.74) is 2.50. The molecule has 0 aliphatic heterocycles. The van der Waals surface area contributed by atoms with E-state index < -0.39 is 4.92 Å². The molecule has 1 N–H and O–H groups in total. The Morgan fingerprint density at radius 2 is 2.00 bits per heavy atom. The van der Waals surface area contributed by atoms with Crippen LogP contribution >= 0.6 is 0 Å². The number of carbonyl (C=O) groups excluding carboxylic acids is 1. The van der Waals surface area contributed by atoms with E-state index in [0.29, 0.717) is 17.8 Å². The van der Waals surface area contributed by atoms with Gasteiger partial charge in [-0.15, -0.1) is 0 Å². The predicted molar refractivity (Wildman–Crippen MR) is 94.0 cm³/mol. The minimum absolute atomic E-state index is 0.110. The fraction of sp³-hybridized carbons (Fsp3) is 0.111. The van der Waals surface area contributed by atoms with Crippen LogP contribution in [-0.2, 0) is 6.54 Å². The predicted octanol–water partition coefficient (Wildman–Crippen LogP) is 3.60. The lowest BCUT2D eigenvalue weighted by Crippen LogP contribution is -2.04. The van der Waals surface area contributed by atoms with Crippen LogP contribution in [0.25, 0.3) is 5.69 Å². The minimum Gasteiger partial charge on any atom is -0.375 e. The molecule has 0 saturated carbocycles. The molecule has 7 nitrogen and oxygen atoms in total. The number of aromatic nitrogens is 2. The van der Waals surface area contributed by atoms with Gasteiger partial charge in [-0.2, -0.15) is 5.10 Å². The molecule has 0 aliphatic carbocycles. The number of hydrogen-bond donors (Lipinski definition) is 1. The summed E-state index contributed by atoms with van der Waals surface area (Å²) in [5, 5.41) is 18.4. The fourth-order valence-electron chi connectivity index (χ4n) is 2.44. The van der Waals surface area contributed by atoms with Crippen LogP contribution in [0.1, 0.15) is 22.8 Å². The molecule has 0 fully saturated rings. The number of anilines is 1. The number of nitro benzene ring substituents is 1. The summed E-state index contributed by atoms with van der Waals surface area (Å²) in [7, 11) is 0. The maximum Gasteiger partial charge on any atom is 0.293 e. The summed E-state index contributed by atoms with van der Waals surface area (Å²) in [6.45, 7) is 1.81. The lowest BCUT2D eigenvalue weighted by atomic mass is 10.1. The van der Waals surface area contributed by atoms with Gasteiger partial charge in [0.25, 0.3) is 5.69 Å². The van der Waals surface area contributed by atoms with Crippen LogP contribution in [0.15, 0.2) is 60.9 Å². The molecule has 2 aromatic carbocycles. The highest BCUT2D eigenvalue weighted by Crippen LogP contribution is 2.26. The van der Waals surface area contributed by atoms with Gasteiger partial charge in [-0.05, 0) is 42.8 Å². The number of hydrogen-bond acceptors (Lipinski definition) is 5. The first-order chi connectivity index (χ1) is 12.0. The first-order valence-corrected chi connectivity index (χ1v) is 7.67. The molecule has 25 heavy (non-hydrogen) atoms. The summed E-state index contributed by atoms with van der Waals surface area (Å²) in [5.74, 6) is -0.205. The van der Waals surface area contributed by atoms with Crippen molar-refractivity contribution < 1.29 is 9.72 Å². The van der Waals surface area contributed by atoms with Gasteiger partial charge in [-0.3, -0.25) is 14.9 Å². The standard InChI is InChI=1S/C18H16N4O3/c1-13(23)15-5-8-17(18(11-15)22(24)25)19-12-14-3-6-16(7-4-14)21-10-2-9-20-21/h2-11,19H,12H2,1H3. The highest BCUT2D eigenvalue weighted by Gasteiger charge is 2.16. The second kappa shape index (κ2) is 6.96. The van der Waals surface area contributed by atoms with Gasteiger partial charge in [0.15, 0.2) is 5.78 Å². The third kappa shape index (κ3) is 3.72. The van der Waals surface area contributed by atoms with Crippen LogP contribution in [-0.4, -0.2) is 20.5 Å². The quantitative estimate of drug-likeness (QED) is 0.422. The second-order valence-corrected chi connectivity index (χ2v) is 5.52. The van der Waals surface area contributed by atoms with E-state index in [9.17, 15) is 14.9 Å². The van der Waals surface area contributed by atoms with Crippen LogP contribution in [0.2, 0.25) is 0 Å². The molecule has 0 bridgehead atoms. The Balaban J connectivity index is 1.75. The zero-order valence-electron chi connectivity index (χ0n) is 13.5. The van der Waals surface area contributed by atoms with E-state index in [2.05, 4.69) is 10.4 Å². The van der Waals surface area contributed by atoms with E-state index in [4.69, 9.17) is 0 Å². The molecule has 0 amide bonds. The number of rotatable bonds is 6. The Morgan fingerprint density at radius 3 is 2.60 bits per heavy atom. The monoisotopic (exact) mass is 336 g/mol. The molecule has 0 radical (unpaired) electrons. The van der Waals surface area contributed by atoms with Crippen molar-refractivity contribution in [3.8, 4) is 5.69 Å². The number of nitro groups is 1. The molecule has 1 heterocycles. The van der Waals surface area contributed by atoms with Gasteiger partial charge in [0.2, 0.25) is 0 Å². The van der Waals surface area contributed by atoms with Crippen molar-refractivity contribution in [2.45, 2.75) is 13.5 Å². The molecule has 7 heteroatoms. The Hall–Kier alpha value is -3.48. The van der Waals surface area contributed by atoms with Crippen molar-refractivity contribution in [1.29, 1.82) is 0 Å². The summed E-state index contributed by atoms with van der Waals surface area (Å²) in [6.07, 6.45) is 3.56. The van der Waals surface area contributed by atoms with Crippen molar-refractivity contribution in [2.75, 3.05) is 5.32 Å². The average molecular weight is 336 g/mol. The maximum absolute atomic E-state index is 11.4. The second-order valence-electron chi connectivity index (χ2n) is 5.52. The first kappa shape index (κ1) is 16.4. The molecule has 126 valence electrons. The normalized spacial score (nSPS) is 10.4. The Kier molecular flexibility index (Phi) is 4.56. The van der Waals surface area contributed by atoms with E-state index in [1.807, 2.05) is 36.5 Å². The van der Waals surface area contributed by atoms with Crippen molar-refractivity contribution >= 4 is 17.2 Å². The molecule has 0 aliphatic rings. The zero-order valence-corrected chi connectivity index (χ0v) is 13.5. The van der Waals surface area contributed by atoms with Gasteiger partial charge < -0.3 is 5.32 Å². The average Bonchev–Trinajstić information content (AvgIpc) is 3.14. The van der Waals surface area contributed by atoms with Crippen molar-refractivity contribution in [2.24, 2.45) is 0 Å². The topological polar surface area (TPSA) is 90.1 Å². The number of nitrogens with one attached hydrogen (secondary N) is 1. The van der Waals surface area contributed by atoms with Crippen molar-refractivity contribution in [1.82, 2.24) is 9.78 Å². The number of nitrogens with zero attached hydrogens (tertiary/aromatic N) is 3. The van der Waals surface area contributed by atoms with Crippen LogP contribution in [0.4, 0.5) is 11.4 Å². The van der Waals surface area contributed by atoms with Gasteiger partial charge in [0, 0.05) is 30.6 Å². The summed E-state index contributed by atoms with van der Waals surface area (Å²) >= 11 is 0. The molecule has 1 aromatic heterocycles. The van der Waals surface area contributed by atoms with Crippen LogP contribution in [0, 0.1) is 10.1 Å². The van der Waals surface area contributed by atoms with Crippen LogP contribution in [0.3, 0.4) is 0 Å². The maximum atomic E-state index is 11.4. The lowest BCUT2D eigenvalue weighted by molar-refractivity contribution is -0.384. The molecule has 3 aromatic rings. The highest BCUT2D eigenvalue weighted by atomic mass is 16.6. The zero-order chi connectivity index (χ0) is 17.8. The van der Waals surface area contributed by atoms with E-state index in [1.54, 1.807) is 23.0 Å². The number of benzene rings is 2. The third-order valence-corrected chi connectivity index (χ3v) is 3.79. The largest absolute Gasteiger partial charge is 0.375 e. The van der Waals surface area contributed by atoms with Gasteiger partial charge in [0.05, 0.1) is 10.6 Å². The Labute approximate surface area is 144 Å². The highest BCUT2D eigenvalue weighted by molar-refractivity contribution is 5.95. The fourth-order valence-corrected chi connectivity index (χ4v) is 2.44. The summed E-state index contributed by atoms with van der Waals surface area (Å²) < 4.78 is 1.75. The van der Waals surface area contributed by atoms with Crippen molar-refractivity contribution in [3.05, 3.63) is 82.2 Å². The SMILES string of the molecule is CC(=O)c1ccc(NCc2ccc(-n3cccn3)cc2)c([N+](=O)[O-])c1. The lowest BCUT2D eigenvalue weighted by Gasteiger charge is -2.09. The summed E-state index contributed by atoms with van der Waals surface area (Å²) in [4.78, 5) is 22.1. The first-order valence-electron chi connectivity index (χ1n) is 7.67. The molecule has 0 saturated heterocycles. The molecule has 0 atom stereocenters. The van der Waals surface area contributed by atoms with E-state index in [1.165, 1.54) is 13.0 Å². The molecule has 3 rings (SSSR count). The molecule has 0 spiro atoms. The molecule has 0 unspecified atom stereocenters. The van der Waals surface area contributed by atoms with Gasteiger partial charge in [-0.25, -0.2) is 4.68 Å². The van der Waals surface area contributed by atoms with E-state index >= 15 is 0 Å². The van der Waals surface area contributed by atoms with Crippen LogP contribution < -0.4 is 5.32 Å². The van der Waals surface area contributed by atoms with E-state index in [-0.39, 0.29) is 11.5 Å². The van der Waals surface area contributed by atoms with Gasteiger partial charge in [0.1, 0.15) is 5.69 Å². The summed E-state index contributed by atoms with van der Waals surface area (Å²) in [6, 6.07) is 14.0. The van der Waals surface area contributed by atoms with Crippen LogP contribution in [0.5, 0.6) is 0 Å². The van der Waals surface area contributed by atoms with Gasteiger partial charge >= 0.3 is 0 Å². The van der Waals surface area contributed by atoms with Gasteiger partial charge in [-0.1, -0.05) is 12.1 Å². The molecular weight excluding hydrogens is 320 g/mol. The number of carbonyl (C=O) groups is 1. The number of Topliss-reactive ketones (excluding diaryl/α,β-unsaturated/α-hetero) is 1. The molecular formula is C18H16N4O3.